The van der Waals surface area contributed by atoms with Gasteiger partial charge in [0.15, 0.2) is 0 Å². The minimum Gasteiger partial charge on any atom is -0.308 e. The van der Waals surface area contributed by atoms with Crippen LogP contribution >= 0.6 is 15.9 Å². The van der Waals surface area contributed by atoms with Crippen molar-refractivity contribution in [2.45, 2.75) is 5.41 Å². The Bertz CT molecular complexity index is 2200. The van der Waals surface area contributed by atoms with Gasteiger partial charge in [-0.15, -0.1) is 0 Å². The Morgan fingerprint density at radius 1 is 0.513 bits per heavy atom. The van der Waals surface area contributed by atoms with E-state index in [9.17, 15) is 0 Å². The standard InChI is InChI=1S/C37H20BrN/c38-30-20-29-35-33-24(23-12-3-7-18-31(23)39-32-19-8-4-13-25(32)34(30)36(35)39)14-9-17-28(33)37(29)26-15-5-1-10-21(26)22-11-2-6-16-27(22)37/h1-20H. The van der Waals surface area contributed by atoms with Crippen LogP contribution in [0.1, 0.15) is 22.3 Å². The van der Waals surface area contributed by atoms with Gasteiger partial charge in [0, 0.05) is 26.4 Å². The Labute approximate surface area is 234 Å². The van der Waals surface area contributed by atoms with Crippen LogP contribution in [0.3, 0.4) is 0 Å². The summed E-state index contributed by atoms with van der Waals surface area (Å²) in [6.45, 7) is 0. The van der Waals surface area contributed by atoms with Gasteiger partial charge >= 0.3 is 0 Å². The van der Waals surface area contributed by atoms with Gasteiger partial charge in [-0.25, -0.2) is 0 Å². The van der Waals surface area contributed by atoms with E-state index in [1.807, 2.05) is 0 Å². The van der Waals surface area contributed by atoms with Crippen molar-refractivity contribution in [3.8, 4) is 39.1 Å². The van der Waals surface area contributed by atoms with Crippen molar-refractivity contribution in [3.05, 3.63) is 148 Å². The second-order valence-corrected chi connectivity index (χ2v) is 11.8. The fraction of sp³-hybridized carbons (Fsp3) is 0.0270. The van der Waals surface area contributed by atoms with E-state index in [2.05, 4.69) is 142 Å². The Balaban J connectivity index is 1.55. The fourth-order valence-corrected chi connectivity index (χ4v) is 8.76. The minimum atomic E-state index is -0.363. The van der Waals surface area contributed by atoms with Gasteiger partial charge in [0.2, 0.25) is 0 Å². The average Bonchev–Trinajstić information content (AvgIpc) is 3.56. The summed E-state index contributed by atoms with van der Waals surface area (Å²) in [6.07, 6.45) is 0. The molecule has 1 nitrogen and oxygen atoms in total. The van der Waals surface area contributed by atoms with Gasteiger partial charge in [-0.1, -0.05) is 119 Å². The highest BCUT2D eigenvalue weighted by atomic mass is 79.9. The monoisotopic (exact) mass is 557 g/mol. The van der Waals surface area contributed by atoms with Crippen LogP contribution in [0, 0.1) is 0 Å². The third-order valence-electron chi connectivity index (χ3n) is 9.40. The molecule has 10 rings (SSSR count). The first-order valence-corrected chi connectivity index (χ1v) is 14.3. The highest BCUT2D eigenvalue weighted by molar-refractivity contribution is 9.10. The zero-order chi connectivity index (χ0) is 25.5. The van der Waals surface area contributed by atoms with Crippen LogP contribution in [0.4, 0.5) is 0 Å². The Hall–Kier alpha value is -4.40. The van der Waals surface area contributed by atoms with E-state index in [4.69, 9.17) is 0 Å². The summed E-state index contributed by atoms with van der Waals surface area (Å²) in [5, 5.41) is 2.57. The van der Waals surface area contributed by atoms with E-state index in [1.54, 1.807) is 0 Å². The second-order valence-electron chi connectivity index (χ2n) is 10.9. The first-order valence-electron chi connectivity index (χ1n) is 13.5. The van der Waals surface area contributed by atoms with Gasteiger partial charge in [0.1, 0.15) is 0 Å². The van der Waals surface area contributed by atoms with Crippen molar-refractivity contribution in [2.75, 3.05) is 0 Å². The molecule has 0 unspecified atom stereocenters. The van der Waals surface area contributed by atoms with Crippen molar-refractivity contribution in [1.29, 1.82) is 0 Å². The molecule has 39 heavy (non-hydrogen) atoms. The van der Waals surface area contributed by atoms with Crippen molar-refractivity contribution in [3.63, 3.8) is 0 Å². The van der Waals surface area contributed by atoms with Crippen molar-refractivity contribution >= 4 is 37.7 Å². The molecule has 7 aromatic rings. The molecule has 0 fully saturated rings. The lowest BCUT2D eigenvalue weighted by atomic mass is 9.70. The number of hydrogen-bond acceptors (Lipinski definition) is 0. The number of para-hydroxylation sites is 2. The average molecular weight is 558 g/mol. The lowest BCUT2D eigenvalue weighted by molar-refractivity contribution is 0.793. The van der Waals surface area contributed by atoms with Crippen LogP contribution in [0.25, 0.3) is 60.9 Å². The van der Waals surface area contributed by atoms with Gasteiger partial charge in [-0.05, 0) is 62.7 Å². The zero-order valence-electron chi connectivity index (χ0n) is 20.9. The smallest absolute Gasteiger partial charge is 0.0726 e. The molecule has 0 radical (unpaired) electrons. The number of halogens is 1. The summed E-state index contributed by atoms with van der Waals surface area (Å²) in [6, 6.07) is 45.3. The molecule has 2 aliphatic carbocycles. The van der Waals surface area contributed by atoms with Gasteiger partial charge in [0.25, 0.3) is 0 Å². The number of benzene rings is 6. The number of fused-ring (bicyclic) bond motifs is 13. The van der Waals surface area contributed by atoms with Crippen LogP contribution < -0.4 is 0 Å². The van der Waals surface area contributed by atoms with Gasteiger partial charge in [-0.2, -0.15) is 0 Å². The summed E-state index contributed by atoms with van der Waals surface area (Å²) in [7, 11) is 0. The molecular weight excluding hydrogens is 538 g/mol. The fourth-order valence-electron chi connectivity index (χ4n) is 8.13. The van der Waals surface area contributed by atoms with Gasteiger partial charge in [0.05, 0.1) is 22.1 Å². The summed E-state index contributed by atoms with van der Waals surface area (Å²) in [5.74, 6) is 0. The number of rotatable bonds is 0. The second kappa shape index (κ2) is 6.77. The van der Waals surface area contributed by atoms with E-state index in [1.165, 1.54) is 83.1 Å². The summed E-state index contributed by atoms with van der Waals surface area (Å²) < 4.78 is 3.68. The predicted molar refractivity (Wildman–Crippen MR) is 164 cm³/mol. The number of nitrogens with zero attached hydrogens (tertiary/aromatic N) is 1. The Morgan fingerprint density at radius 3 is 1.92 bits per heavy atom. The highest BCUT2D eigenvalue weighted by Crippen LogP contribution is 2.66. The molecule has 3 aliphatic rings. The Morgan fingerprint density at radius 2 is 1.13 bits per heavy atom. The van der Waals surface area contributed by atoms with E-state index in [0.717, 1.165) is 4.47 Å². The van der Waals surface area contributed by atoms with Gasteiger partial charge < -0.3 is 4.57 Å². The first kappa shape index (κ1) is 20.5. The largest absolute Gasteiger partial charge is 0.308 e. The molecule has 0 saturated carbocycles. The summed E-state index contributed by atoms with van der Waals surface area (Å²) >= 11 is 4.11. The molecule has 1 spiro atoms. The topological polar surface area (TPSA) is 4.93 Å². The SMILES string of the molecule is Brc1cc2c3c4c1c1ccccc1n4-c1ccccc1-c1cccc(c1-3)C21c2ccccc2-c2ccccc21. The molecule has 0 bridgehead atoms. The molecule has 0 atom stereocenters. The molecule has 180 valence electrons. The maximum absolute atomic E-state index is 4.11. The zero-order valence-corrected chi connectivity index (χ0v) is 22.5. The van der Waals surface area contributed by atoms with E-state index >= 15 is 0 Å². The molecule has 0 saturated heterocycles. The summed E-state index contributed by atoms with van der Waals surface area (Å²) in [5.41, 5.74) is 17.0. The van der Waals surface area contributed by atoms with Crippen LogP contribution in [0.15, 0.2) is 126 Å². The minimum absolute atomic E-state index is 0.363. The molecule has 2 heteroatoms. The van der Waals surface area contributed by atoms with Crippen LogP contribution in [0.2, 0.25) is 0 Å². The lowest BCUT2D eigenvalue weighted by Crippen LogP contribution is -2.26. The van der Waals surface area contributed by atoms with Crippen LogP contribution in [0.5, 0.6) is 0 Å². The van der Waals surface area contributed by atoms with Crippen molar-refractivity contribution in [1.82, 2.24) is 4.57 Å². The van der Waals surface area contributed by atoms with Crippen LogP contribution in [-0.2, 0) is 5.41 Å². The lowest BCUT2D eigenvalue weighted by Gasteiger charge is -2.31. The van der Waals surface area contributed by atoms with Crippen molar-refractivity contribution in [2.24, 2.45) is 0 Å². The highest BCUT2D eigenvalue weighted by Gasteiger charge is 2.53. The van der Waals surface area contributed by atoms with E-state index < -0.39 is 0 Å². The number of aromatic nitrogens is 1. The van der Waals surface area contributed by atoms with Crippen molar-refractivity contribution < 1.29 is 0 Å². The molecule has 2 heterocycles. The first-order chi connectivity index (χ1) is 19.3. The maximum atomic E-state index is 4.11. The van der Waals surface area contributed by atoms with Gasteiger partial charge in [-0.3, -0.25) is 0 Å². The summed E-state index contributed by atoms with van der Waals surface area (Å²) in [4.78, 5) is 0. The normalized spacial score (nSPS) is 14.5. The Kier molecular flexibility index (Phi) is 3.57. The molecule has 6 aromatic carbocycles. The molecular formula is C37H20BrN. The third-order valence-corrected chi connectivity index (χ3v) is 10.0. The maximum Gasteiger partial charge on any atom is 0.0726 e. The predicted octanol–water partition coefficient (Wildman–Crippen LogP) is 9.87. The quantitative estimate of drug-likeness (QED) is 0.175. The number of hydrogen-bond donors (Lipinski definition) is 0. The molecule has 1 aromatic heterocycles. The van der Waals surface area contributed by atoms with E-state index in [-0.39, 0.29) is 5.41 Å². The molecule has 1 aliphatic heterocycles. The van der Waals surface area contributed by atoms with Crippen LogP contribution in [-0.4, -0.2) is 4.57 Å². The molecule has 0 N–H and O–H groups in total. The third kappa shape index (κ3) is 2.13. The molecule has 0 amide bonds. The van der Waals surface area contributed by atoms with E-state index in [0.29, 0.717) is 0 Å².